The van der Waals surface area contributed by atoms with Gasteiger partial charge in [0.1, 0.15) is 37.3 Å². The molecular formula is C36H45N3O6. The van der Waals surface area contributed by atoms with Crippen LogP contribution in [-0.2, 0) is 38.8 Å². The number of rotatable bonds is 17. The van der Waals surface area contributed by atoms with Gasteiger partial charge < -0.3 is 30.2 Å². The van der Waals surface area contributed by atoms with Gasteiger partial charge in [-0.2, -0.15) is 0 Å². The minimum absolute atomic E-state index is 0.0671. The van der Waals surface area contributed by atoms with E-state index in [0.717, 1.165) is 16.7 Å². The molecule has 0 aromatic heterocycles. The van der Waals surface area contributed by atoms with E-state index in [4.69, 9.17) is 9.47 Å². The third-order valence-electron chi connectivity index (χ3n) is 6.99. The molecule has 9 nitrogen and oxygen atoms in total. The van der Waals surface area contributed by atoms with Gasteiger partial charge in [-0.1, -0.05) is 100 Å². The molecule has 0 radical (unpaired) electrons. The molecule has 3 rings (SSSR count). The Hall–Kier alpha value is -4.66. The van der Waals surface area contributed by atoms with Crippen LogP contribution in [0.3, 0.4) is 0 Å². The van der Waals surface area contributed by atoms with E-state index in [1.54, 1.807) is 0 Å². The molecule has 0 bridgehead atoms. The van der Waals surface area contributed by atoms with E-state index in [0.29, 0.717) is 31.5 Å². The van der Waals surface area contributed by atoms with Gasteiger partial charge in [0.15, 0.2) is 0 Å². The quantitative estimate of drug-likeness (QED) is 0.176. The highest BCUT2D eigenvalue weighted by Gasteiger charge is 2.29. The van der Waals surface area contributed by atoms with E-state index in [1.165, 1.54) is 0 Å². The first-order valence-electron chi connectivity index (χ1n) is 15.4. The SMILES string of the molecule is CC(C)CC(NC(=O)OCc1ccccc1)C(=O)NC(CC(C)C)C(=O)NC(C=O)Cc1ccc(OCc2ccccc2)cc1. The lowest BCUT2D eigenvalue weighted by Crippen LogP contribution is -2.55. The summed E-state index contributed by atoms with van der Waals surface area (Å²) in [5, 5.41) is 8.24. The van der Waals surface area contributed by atoms with Crippen LogP contribution in [0.25, 0.3) is 0 Å². The van der Waals surface area contributed by atoms with Crippen molar-refractivity contribution in [1.82, 2.24) is 16.0 Å². The number of hydrogen-bond donors (Lipinski definition) is 3. The van der Waals surface area contributed by atoms with E-state index in [1.807, 2.05) is 113 Å². The van der Waals surface area contributed by atoms with Crippen LogP contribution in [0.1, 0.15) is 57.2 Å². The van der Waals surface area contributed by atoms with Crippen molar-refractivity contribution in [3.05, 3.63) is 102 Å². The fraction of sp³-hybridized carbons (Fsp3) is 0.389. The highest BCUT2D eigenvalue weighted by molar-refractivity contribution is 5.92. The topological polar surface area (TPSA) is 123 Å². The Morgan fingerprint density at radius 3 is 1.69 bits per heavy atom. The second kappa shape index (κ2) is 18.2. The second-order valence-corrected chi connectivity index (χ2v) is 12.0. The monoisotopic (exact) mass is 615 g/mol. The van der Waals surface area contributed by atoms with Crippen LogP contribution in [0.2, 0.25) is 0 Å². The van der Waals surface area contributed by atoms with Crippen LogP contribution < -0.4 is 20.7 Å². The van der Waals surface area contributed by atoms with Crippen molar-refractivity contribution in [1.29, 1.82) is 0 Å². The van der Waals surface area contributed by atoms with Crippen LogP contribution in [0.4, 0.5) is 4.79 Å². The molecule has 3 atom stereocenters. The molecule has 3 N–H and O–H groups in total. The molecular weight excluding hydrogens is 570 g/mol. The van der Waals surface area contributed by atoms with Gasteiger partial charge in [0.25, 0.3) is 0 Å². The van der Waals surface area contributed by atoms with Crippen molar-refractivity contribution < 1.29 is 28.7 Å². The number of ether oxygens (including phenoxy) is 2. The van der Waals surface area contributed by atoms with Crippen molar-refractivity contribution in [3.8, 4) is 5.75 Å². The Balaban J connectivity index is 1.58. The first kappa shape index (κ1) is 34.8. The summed E-state index contributed by atoms with van der Waals surface area (Å²) in [6.07, 6.45) is 0.953. The van der Waals surface area contributed by atoms with E-state index in [2.05, 4.69) is 16.0 Å². The summed E-state index contributed by atoms with van der Waals surface area (Å²) in [6.45, 7) is 8.26. The molecule has 0 saturated heterocycles. The first-order chi connectivity index (χ1) is 21.6. The Bertz CT molecular complexity index is 1350. The van der Waals surface area contributed by atoms with Gasteiger partial charge in [0.2, 0.25) is 11.8 Å². The Kier molecular flexibility index (Phi) is 14.1. The highest BCUT2D eigenvalue weighted by atomic mass is 16.5. The molecule has 3 aromatic carbocycles. The van der Waals surface area contributed by atoms with Crippen molar-refractivity contribution in [2.75, 3.05) is 0 Å². The van der Waals surface area contributed by atoms with Crippen LogP contribution in [0, 0.1) is 11.8 Å². The standard InChI is InChI=1S/C36H45N3O6/c1-25(2)19-32(38-35(42)33(20-26(3)4)39-36(43)45-24-29-13-9-6-10-14-29)34(41)37-30(22-40)21-27-15-17-31(18-16-27)44-23-28-11-7-5-8-12-28/h5-18,22,25-26,30,32-33H,19-21,23-24H2,1-4H3,(H,37,41)(H,38,42)(H,39,43). The maximum absolute atomic E-state index is 13.4. The van der Waals surface area contributed by atoms with Gasteiger partial charge in [-0.25, -0.2) is 4.79 Å². The molecule has 3 amide bonds. The lowest BCUT2D eigenvalue weighted by molar-refractivity contribution is -0.131. The van der Waals surface area contributed by atoms with E-state index in [9.17, 15) is 19.2 Å². The van der Waals surface area contributed by atoms with E-state index < -0.39 is 36.0 Å². The van der Waals surface area contributed by atoms with Crippen molar-refractivity contribution in [2.45, 2.75) is 78.3 Å². The minimum Gasteiger partial charge on any atom is -0.489 e. The number of amides is 3. The smallest absolute Gasteiger partial charge is 0.408 e. The number of hydrogen-bond acceptors (Lipinski definition) is 6. The molecule has 0 heterocycles. The number of carbonyl (C=O) groups is 4. The second-order valence-electron chi connectivity index (χ2n) is 12.0. The molecule has 45 heavy (non-hydrogen) atoms. The summed E-state index contributed by atoms with van der Waals surface area (Å²) in [5.74, 6) is -0.0991. The summed E-state index contributed by atoms with van der Waals surface area (Å²) < 4.78 is 11.2. The Labute approximate surface area is 266 Å². The van der Waals surface area contributed by atoms with Crippen LogP contribution in [0.5, 0.6) is 5.75 Å². The van der Waals surface area contributed by atoms with Gasteiger partial charge >= 0.3 is 6.09 Å². The fourth-order valence-electron chi connectivity index (χ4n) is 4.72. The predicted molar refractivity (Wildman–Crippen MR) is 173 cm³/mol. The van der Waals surface area contributed by atoms with Crippen LogP contribution in [-0.4, -0.2) is 42.3 Å². The van der Waals surface area contributed by atoms with Crippen molar-refractivity contribution >= 4 is 24.2 Å². The average molecular weight is 616 g/mol. The molecule has 9 heteroatoms. The zero-order valence-electron chi connectivity index (χ0n) is 26.5. The van der Waals surface area contributed by atoms with Crippen LogP contribution in [0.15, 0.2) is 84.9 Å². The molecule has 0 saturated carbocycles. The first-order valence-corrected chi connectivity index (χ1v) is 15.4. The lowest BCUT2D eigenvalue weighted by atomic mass is 9.99. The summed E-state index contributed by atoms with van der Waals surface area (Å²) in [6, 6.07) is 23.9. The number of nitrogens with one attached hydrogen (secondary N) is 3. The summed E-state index contributed by atoms with van der Waals surface area (Å²) >= 11 is 0. The van der Waals surface area contributed by atoms with Crippen LogP contribution >= 0.6 is 0 Å². The molecule has 0 spiro atoms. The number of carbonyl (C=O) groups excluding carboxylic acids is 4. The maximum Gasteiger partial charge on any atom is 0.408 e. The van der Waals surface area contributed by atoms with E-state index in [-0.39, 0.29) is 24.9 Å². The third kappa shape index (κ3) is 12.8. The summed E-state index contributed by atoms with van der Waals surface area (Å²) in [4.78, 5) is 51.2. The molecule has 0 fully saturated rings. The van der Waals surface area contributed by atoms with Gasteiger partial charge in [-0.15, -0.1) is 0 Å². The van der Waals surface area contributed by atoms with Crippen molar-refractivity contribution in [3.63, 3.8) is 0 Å². The van der Waals surface area contributed by atoms with Crippen molar-refractivity contribution in [2.24, 2.45) is 11.8 Å². The fourth-order valence-corrected chi connectivity index (χ4v) is 4.72. The molecule has 240 valence electrons. The largest absolute Gasteiger partial charge is 0.489 e. The van der Waals surface area contributed by atoms with Gasteiger partial charge in [-0.3, -0.25) is 9.59 Å². The summed E-state index contributed by atoms with van der Waals surface area (Å²) in [7, 11) is 0. The summed E-state index contributed by atoms with van der Waals surface area (Å²) in [5.41, 5.74) is 2.73. The minimum atomic E-state index is -0.903. The molecule has 3 aromatic rings. The normalized spacial score (nSPS) is 12.9. The highest BCUT2D eigenvalue weighted by Crippen LogP contribution is 2.16. The van der Waals surface area contributed by atoms with Gasteiger partial charge in [-0.05, 0) is 59.9 Å². The maximum atomic E-state index is 13.4. The van der Waals surface area contributed by atoms with E-state index >= 15 is 0 Å². The number of alkyl carbamates (subject to hydrolysis) is 1. The lowest BCUT2D eigenvalue weighted by Gasteiger charge is -2.26. The molecule has 0 aliphatic heterocycles. The van der Waals surface area contributed by atoms with Gasteiger partial charge in [0, 0.05) is 0 Å². The zero-order valence-corrected chi connectivity index (χ0v) is 26.5. The molecule has 0 aliphatic rings. The Morgan fingerprint density at radius 1 is 0.644 bits per heavy atom. The Morgan fingerprint density at radius 2 is 1.16 bits per heavy atom. The number of aldehydes is 1. The number of benzene rings is 3. The zero-order chi connectivity index (χ0) is 32.6. The molecule has 3 unspecified atom stereocenters. The predicted octanol–water partition coefficient (Wildman–Crippen LogP) is 5.36. The van der Waals surface area contributed by atoms with Gasteiger partial charge in [0.05, 0.1) is 6.04 Å². The third-order valence-corrected chi connectivity index (χ3v) is 6.99. The average Bonchev–Trinajstić information content (AvgIpc) is 3.03. The molecule has 0 aliphatic carbocycles.